The zero-order chi connectivity index (χ0) is 13.8. The van der Waals surface area contributed by atoms with Gasteiger partial charge in [-0.1, -0.05) is 24.6 Å². The van der Waals surface area contributed by atoms with Gasteiger partial charge in [0.15, 0.2) is 0 Å². The normalized spacial score (nSPS) is 14.1. The van der Waals surface area contributed by atoms with Gasteiger partial charge >= 0.3 is 0 Å². The quantitative estimate of drug-likeness (QED) is 0.812. The molecule has 5 heteroatoms. The Labute approximate surface area is 130 Å². The second kappa shape index (κ2) is 6.75. The summed E-state index contributed by atoms with van der Waals surface area (Å²) in [5.74, 6) is 0.742. The van der Waals surface area contributed by atoms with Crippen molar-refractivity contribution < 1.29 is 4.74 Å². The molecule has 0 saturated heterocycles. The number of thiophene rings is 1. The van der Waals surface area contributed by atoms with E-state index < -0.39 is 0 Å². The molecule has 2 atom stereocenters. The molecule has 1 aromatic heterocycles. The molecule has 0 bridgehead atoms. The summed E-state index contributed by atoms with van der Waals surface area (Å²) in [6, 6.07) is 9.39. The van der Waals surface area contributed by atoms with Crippen molar-refractivity contribution in [3.8, 4) is 5.75 Å². The number of nitrogens with two attached hydrogens (primary N) is 1. The molecule has 0 radical (unpaired) electrons. The maximum Gasteiger partial charge on any atom is 0.148 e. The lowest BCUT2D eigenvalue weighted by molar-refractivity contribution is 0.174. The lowest BCUT2D eigenvalue weighted by Crippen LogP contribution is -2.30. The van der Waals surface area contributed by atoms with Crippen LogP contribution in [0.4, 0.5) is 0 Å². The topological polar surface area (TPSA) is 35.2 Å². The molecule has 102 valence electrons. The monoisotopic (exact) mass is 359 g/mol. The average Bonchev–Trinajstić information content (AvgIpc) is 2.81. The molecular weight excluding hydrogens is 346 g/mol. The fourth-order valence-corrected chi connectivity index (χ4v) is 3.46. The molecule has 2 aromatic rings. The molecule has 0 spiro atoms. The SMILES string of the molecule is CCC(N)C(Oc1cccc(Cl)c1)c1cc(Br)cs1. The highest BCUT2D eigenvalue weighted by Gasteiger charge is 2.22. The van der Waals surface area contributed by atoms with Gasteiger partial charge in [-0.3, -0.25) is 0 Å². The Morgan fingerprint density at radius 2 is 2.21 bits per heavy atom. The van der Waals surface area contributed by atoms with E-state index in [4.69, 9.17) is 22.1 Å². The van der Waals surface area contributed by atoms with Crippen molar-refractivity contribution in [1.82, 2.24) is 0 Å². The van der Waals surface area contributed by atoms with Crippen molar-refractivity contribution in [3.05, 3.63) is 50.1 Å². The zero-order valence-electron chi connectivity index (χ0n) is 10.5. The smallest absolute Gasteiger partial charge is 0.148 e. The summed E-state index contributed by atoms with van der Waals surface area (Å²) in [6.07, 6.45) is 0.695. The van der Waals surface area contributed by atoms with Crippen LogP contribution >= 0.6 is 38.9 Å². The molecule has 1 heterocycles. The molecule has 0 amide bonds. The molecule has 2 unspecified atom stereocenters. The summed E-state index contributed by atoms with van der Waals surface area (Å²) in [5.41, 5.74) is 6.18. The van der Waals surface area contributed by atoms with Crippen LogP contribution in [0.25, 0.3) is 0 Å². The van der Waals surface area contributed by atoms with E-state index in [1.807, 2.05) is 23.6 Å². The molecule has 2 N–H and O–H groups in total. The van der Waals surface area contributed by atoms with Crippen LogP contribution in [-0.4, -0.2) is 6.04 Å². The van der Waals surface area contributed by atoms with Crippen molar-refractivity contribution in [1.29, 1.82) is 0 Å². The molecule has 2 nitrogen and oxygen atoms in total. The van der Waals surface area contributed by atoms with Crippen LogP contribution in [0.5, 0.6) is 5.75 Å². The van der Waals surface area contributed by atoms with Crippen molar-refractivity contribution >= 4 is 38.9 Å². The van der Waals surface area contributed by atoms with E-state index in [2.05, 4.69) is 28.9 Å². The van der Waals surface area contributed by atoms with Gasteiger partial charge in [0, 0.05) is 25.8 Å². The number of hydrogen-bond donors (Lipinski definition) is 1. The van der Waals surface area contributed by atoms with Crippen molar-refractivity contribution in [3.63, 3.8) is 0 Å². The minimum atomic E-state index is -0.153. The van der Waals surface area contributed by atoms with E-state index >= 15 is 0 Å². The van der Waals surface area contributed by atoms with Gasteiger partial charge in [-0.15, -0.1) is 11.3 Å². The van der Waals surface area contributed by atoms with Gasteiger partial charge in [0.05, 0.1) is 0 Å². The average molecular weight is 361 g/mol. The van der Waals surface area contributed by atoms with Crippen LogP contribution in [0.2, 0.25) is 5.02 Å². The van der Waals surface area contributed by atoms with Crippen LogP contribution in [0, 0.1) is 0 Å². The lowest BCUT2D eigenvalue weighted by Gasteiger charge is -2.23. The Morgan fingerprint density at radius 1 is 1.42 bits per heavy atom. The molecule has 0 aliphatic rings. The second-order valence-corrected chi connectivity index (χ2v) is 6.53. The van der Waals surface area contributed by atoms with Gasteiger partial charge in [0.2, 0.25) is 0 Å². The molecule has 0 aliphatic heterocycles. The fourth-order valence-electron chi connectivity index (χ4n) is 1.73. The highest BCUT2D eigenvalue weighted by atomic mass is 79.9. The minimum absolute atomic E-state index is 0.0514. The van der Waals surface area contributed by atoms with Gasteiger partial charge < -0.3 is 10.5 Å². The maximum atomic E-state index is 6.18. The maximum absolute atomic E-state index is 6.18. The Balaban J connectivity index is 2.24. The van der Waals surface area contributed by atoms with Crippen LogP contribution in [0.3, 0.4) is 0 Å². The standard InChI is InChI=1S/C14H15BrClNOS/c1-2-12(17)14(13-6-9(15)8-19-13)18-11-5-3-4-10(16)7-11/h3-8,12,14H,2,17H2,1H3. The third-order valence-electron chi connectivity index (χ3n) is 2.79. The summed E-state index contributed by atoms with van der Waals surface area (Å²) < 4.78 is 7.08. The molecule has 2 rings (SSSR count). The number of ether oxygens (including phenoxy) is 1. The molecule has 0 fully saturated rings. The van der Waals surface area contributed by atoms with Gasteiger partial charge in [0.1, 0.15) is 11.9 Å². The van der Waals surface area contributed by atoms with Crippen molar-refractivity contribution in [2.45, 2.75) is 25.5 Å². The summed E-state index contributed by atoms with van der Waals surface area (Å²) in [5, 5.41) is 2.69. The predicted octanol–water partition coefficient (Wildman–Crippen LogP) is 5.02. The lowest BCUT2D eigenvalue weighted by atomic mass is 10.1. The van der Waals surface area contributed by atoms with Gasteiger partial charge in [-0.2, -0.15) is 0 Å². The van der Waals surface area contributed by atoms with Crippen LogP contribution in [0.15, 0.2) is 40.2 Å². The number of benzene rings is 1. The highest BCUT2D eigenvalue weighted by Crippen LogP contribution is 2.32. The van der Waals surface area contributed by atoms with Crippen molar-refractivity contribution in [2.24, 2.45) is 5.73 Å². The van der Waals surface area contributed by atoms with E-state index in [1.165, 1.54) is 0 Å². The number of hydrogen-bond acceptors (Lipinski definition) is 3. The molecule has 1 aromatic carbocycles. The third kappa shape index (κ3) is 3.96. The number of rotatable bonds is 5. The van der Waals surface area contributed by atoms with Gasteiger partial charge in [-0.25, -0.2) is 0 Å². The Hall–Kier alpha value is -0.550. The Kier molecular flexibility index (Phi) is 5.28. The highest BCUT2D eigenvalue weighted by molar-refractivity contribution is 9.10. The van der Waals surface area contributed by atoms with Crippen LogP contribution < -0.4 is 10.5 Å². The first-order valence-corrected chi connectivity index (χ1v) is 8.07. The van der Waals surface area contributed by atoms with Gasteiger partial charge in [-0.05, 0) is 46.6 Å². The fraction of sp³-hybridized carbons (Fsp3) is 0.286. The molecule has 0 aliphatic carbocycles. The summed E-state index contributed by atoms with van der Waals surface area (Å²) in [6.45, 7) is 2.06. The molecule has 19 heavy (non-hydrogen) atoms. The van der Waals surface area contributed by atoms with Crippen molar-refractivity contribution in [2.75, 3.05) is 0 Å². The molecular formula is C14H15BrClNOS. The molecule has 0 saturated carbocycles. The van der Waals surface area contributed by atoms with E-state index in [0.29, 0.717) is 5.02 Å². The van der Waals surface area contributed by atoms with Gasteiger partial charge in [0.25, 0.3) is 0 Å². The zero-order valence-corrected chi connectivity index (χ0v) is 13.6. The van der Waals surface area contributed by atoms with E-state index in [-0.39, 0.29) is 12.1 Å². The number of halogens is 2. The summed E-state index contributed by atoms with van der Waals surface area (Å²) >= 11 is 11.1. The minimum Gasteiger partial charge on any atom is -0.483 e. The van der Waals surface area contributed by atoms with E-state index in [9.17, 15) is 0 Å². The van der Waals surface area contributed by atoms with Crippen LogP contribution in [0.1, 0.15) is 24.3 Å². The predicted molar refractivity (Wildman–Crippen MR) is 85.1 cm³/mol. The van der Waals surface area contributed by atoms with E-state index in [0.717, 1.165) is 21.5 Å². The first kappa shape index (κ1) is 14.9. The Morgan fingerprint density at radius 3 is 2.79 bits per heavy atom. The first-order valence-electron chi connectivity index (χ1n) is 6.02. The summed E-state index contributed by atoms with van der Waals surface area (Å²) in [7, 11) is 0. The Bertz CT molecular complexity index is 546. The summed E-state index contributed by atoms with van der Waals surface area (Å²) in [4.78, 5) is 1.11. The van der Waals surface area contributed by atoms with Crippen LogP contribution in [-0.2, 0) is 0 Å². The third-order valence-corrected chi connectivity index (χ3v) is 4.78. The largest absolute Gasteiger partial charge is 0.483 e. The second-order valence-electron chi connectivity index (χ2n) is 4.24. The first-order chi connectivity index (χ1) is 9.10. The van der Waals surface area contributed by atoms with E-state index in [1.54, 1.807) is 17.4 Å².